The van der Waals surface area contributed by atoms with Crippen LogP contribution in [0.2, 0.25) is 5.79 Å². The first kappa shape index (κ1) is 23.7. The molecule has 0 aliphatic heterocycles. The topological polar surface area (TPSA) is 9.23 Å². The first-order valence-corrected chi connectivity index (χ1v) is 11.6. The van der Waals surface area contributed by atoms with E-state index in [1.165, 1.54) is 5.79 Å². The summed E-state index contributed by atoms with van der Waals surface area (Å²) in [6.45, 7) is 13.8. The monoisotopic (exact) mass is 428 g/mol. The molecule has 0 saturated carbocycles. The van der Waals surface area contributed by atoms with Crippen LogP contribution >= 0.6 is 0 Å². The van der Waals surface area contributed by atoms with E-state index in [9.17, 15) is 22.0 Å². The Hall–Kier alpha value is -1.58. The largest absolute Gasteiger partial charge is 0.639 e. The Balaban J connectivity index is 2.72. The molecule has 0 saturated heterocycles. The van der Waals surface area contributed by atoms with Crippen molar-refractivity contribution in [3.8, 4) is 5.75 Å². The zero-order valence-electron chi connectivity index (χ0n) is 18.0. The lowest BCUT2D eigenvalue weighted by atomic mass is 9.78. The minimum atomic E-state index is -3.05. The maximum absolute atomic E-state index is 14.3. The van der Waals surface area contributed by atoms with Crippen molar-refractivity contribution in [3.05, 3.63) is 57.9 Å². The Morgan fingerprint density at radius 1 is 0.690 bits per heavy atom. The predicted molar refractivity (Wildman–Crippen MR) is 107 cm³/mol. The number of hydrogen-bond acceptors (Lipinski definition) is 1. The van der Waals surface area contributed by atoms with Crippen LogP contribution in [0.3, 0.4) is 0 Å². The van der Waals surface area contributed by atoms with Gasteiger partial charge >= 0.3 is 14.5 Å². The van der Waals surface area contributed by atoms with Crippen LogP contribution in [0.5, 0.6) is 5.75 Å². The molecule has 0 unspecified atom stereocenters. The quantitative estimate of drug-likeness (QED) is 0.245. The molecule has 0 fully saturated rings. The van der Waals surface area contributed by atoms with Gasteiger partial charge in [0.2, 0.25) is 0 Å². The second-order valence-electron chi connectivity index (χ2n) is 9.43. The SMILES string of the molecule is Cc1cc(C(C)(C)C)c([O][Al]([CH3])[c]2c(F)c(F)c(F)c(F)c2F)c(C(C)(C)C)c1. The van der Waals surface area contributed by atoms with Crippen LogP contribution in [0.4, 0.5) is 22.0 Å². The molecule has 0 atom stereocenters. The molecule has 7 heteroatoms. The van der Waals surface area contributed by atoms with Gasteiger partial charge in [0, 0.05) is 4.43 Å². The van der Waals surface area contributed by atoms with Crippen molar-refractivity contribution in [1.82, 2.24) is 0 Å². The molecule has 0 radical (unpaired) electrons. The van der Waals surface area contributed by atoms with E-state index in [0.717, 1.165) is 16.7 Å². The summed E-state index contributed by atoms with van der Waals surface area (Å²) < 4.78 is 74.7. The summed E-state index contributed by atoms with van der Waals surface area (Å²) in [4.78, 5) is 0. The fourth-order valence-electron chi connectivity index (χ4n) is 3.23. The molecule has 0 aromatic heterocycles. The van der Waals surface area contributed by atoms with E-state index in [1.807, 2.05) is 60.6 Å². The normalized spacial score (nSPS) is 12.3. The first-order chi connectivity index (χ1) is 13.1. The maximum atomic E-state index is 14.3. The number of aryl methyl sites for hydroxylation is 1. The van der Waals surface area contributed by atoms with Gasteiger partial charge in [-0.15, -0.1) is 0 Å². The number of benzene rings is 2. The molecule has 29 heavy (non-hydrogen) atoms. The molecule has 0 spiro atoms. The molecule has 158 valence electrons. The van der Waals surface area contributed by atoms with Gasteiger partial charge in [0.15, 0.2) is 29.1 Å². The second kappa shape index (κ2) is 7.92. The van der Waals surface area contributed by atoms with Crippen LogP contribution in [0.1, 0.15) is 58.2 Å². The number of rotatable bonds is 3. The van der Waals surface area contributed by atoms with Crippen molar-refractivity contribution >= 4 is 18.9 Å². The molecule has 0 bridgehead atoms. The molecule has 1 nitrogen and oxygen atoms in total. The standard InChI is InChI=1S/C15H24O.C6F5.CH3.Al/c1-10-8-11(14(2,3)4)13(16)12(9-10)15(5,6)7;7-2-1-3(8)5(10)6(11)4(2)9;;/h8-9,16H,1-7H3;;1H3;/q;;;+1/p-1. The lowest BCUT2D eigenvalue weighted by molar-refractivity contribution is 0.382. The van der Waals surface area contributed by atoms with Gasteiger partial charge < -0.3 is 3.79 Å². The summed E-state index contributed by atoms with van der Waals surface area (Å²) in [5, 5.41) is 0. The minimum Gasteiger partial charge on any atom is -0.639 e. The Morgan fingerprint density at radius 2 is 1.03 bits per heavy atom. The predicted octanol–water partition coefficient (Wildman–Crippen LogP) is 6.19. The lowest BCUT2D eigenvalue weighted by Crippen LogP contribution is -2.41. The average molecular weight is 428 g/mol. The summed E-state index contributed by atoms with van der Waals surface area (Å²) in [7, 11) is 0. The van der Waals surface area contributed by atoms with Crippen molar-refractivity contribution in [1.29, 1.82) is 0 Å². The van der Waals surface area contributed by atoms with E-state index in [2.05, 4.69) is 0 Å². The fourth-order valence-corrected chi connectivity index (χ4v) is 4.92. The van der Waals surface area contributed by atoms with E-state index in [0.29, 0.717) is 5.75 Å². The Bertz CT molecular complexity index is 878. The van der Waals surface area contributed by atoms with Crippen LogP contribution in [0.15, 0.2) is 12.1 Å². The van der Waals surface area contributed by atoms with Crippen LogP contribution in [-0.2, 0) is 10.8 Å². The highest BCUT2D eigenvalue weighted by atomic mass is 27.2. The molecular formula is C22H26AlF5O. The van der Waals surface area contributed by atoms with Crippen molar-refractivity contribution in [3.63, 3.8) is 0 Å². The Morgan fingerprint density at radius 3 is 1.38 bits per heavy atom. The third kappa shape index (κ3) is 4.62. The smallest absolute Gasteiger partial charge is 0.591 e. The van der Waals surface area contributed by atoms with Crippen molar-refractivity contribution in [2.45, 2.75) is 65.1 Å². The van der Waals surface area contributed by atoms with Gasteiger partial charge in [0.1, 0.15) is 0 Å². The van der Waals surface area contributed by atoms with Crippen molar-refractivity contribution in [2.24, 2.45) is 0 Å². The molecule has 2 aromatic rings. The molecule has 0 aliphatic carbocycles. The molecule has 2 aromatic carbocycles. The van der Waals surface area contributed by atoms with Crippen LogP contribution in [-0.4, -0.2) is 14.5 Å². The average Bonchev–Trinajstić information content (AvgIpc) is 2.57. The molecule has 2 rings (SSSR count). The van der Waals surface area contributed by atoms with Gasteiger partial charge in [-0.2, -0.15) is 0 Å². The Labute approximate surface area is 173 Å². The van der Waals surface area contributed by atoms with Gasteiger partial charge in [0.05, 0.1) is 5.75 Å². The highest BCUT2D eigenvalue weighted by molar-refractivity contribution is 6.67. The van der Waals surface area contributed by atoms with Crippen molar-refractivity contribution < 1.29 is 25.7 Å². The molecule has 0 heterocycles. The third-order valence-corrected chi connectivity index (χ3v) is 6.70. The van der Waals surface area contributed by atoms with Crippen molar-refractivity contribution in [2.75, 3.05) is 0 Å². The van der Waals surface area contributed by atoms with Gasteiger partial charge in [-0.3, -0.25) is 0 Å². The Kier molecular flexibility index (Phi) is 6.48. The summed E-state index contributed by atoms with van der Waals surface area (Å²) in [5.74, 6) is -7.82. The third-order valence-electron chi connectivity index (χ3n) is 4.79. The number of halogens is 5. The summed E-state index contributed by atoms with van der Waals surface area (Å²) in [6, 6.07) is 3.87. The minimum absolute atomic E-state index is 0.355. The van der Waals surface area contributed by atoms with E-state index in [1.54, 1.807) is 0 Å². The summed E-state index contributed by atoms with van der Waals surface area (Å²) in [5.41, 5.74) is 1.94. The first-order valence-electron chi connectivity index (χ1n) is 9.41. The van der Waals surface area contributed by atoms with Gasteiger partial charge in [0.25, 0.3) is 0 Å². The fraction of sp³-hybridized carbons (Fsp3) is 0.455. The molecule has 0 N–H and O–H groups in total. The lowest BCUT2D eigenvalue weighted by Gasteiger charge is -2.32. The van der Waals surface area contributed by atoms with Crippen LogP contribution < -0.4 is 8.21 Å². The second-order valence-corrected chi connectivity index (χ2v) is 11.5. The van der Waals surface area contributed by atoms with Gasteiger partial charge in [-0.25, -0.2) is 22.0 Å². The number of hydrogen-bond donors (Lipinski definition) is 0. The van der Waals surface area contributed by atoms with E-state index >= 15 is 0 Å². The maximum Gasteiger partial charge on any atom is 0.591 e. The van der Waals surface area contributed by atoms with E-state index in [4.69, 9.17) is 3.79 Å². The highest BCUT2D eigenvalue weighted by Gasteiger charge is 2.37. The van der Waals surface area contributed by atoms with Gasteiger partial charge in [-0.1, -0.05) is 65.0 Å². The van der Waals surface area contributed by atoms with E-state index < -0.39 is 48.0 Å². The van der Waals surface area contributed by atoms with E-state index in [-0.39, 0.29) is 10.8 Å². The molecule has 0 amide bonds. The highest BCUT2D eigenvalue weighted by Crippen LogP contribution is 2.41. The molecule has 0 aliphatic rings. The molecular weight excluding hydrogens is 402 g/mol. The zero-order chi connectivity index (χ0) is 22.5. The van der Waals surface area contributed by atoms with Crippen LogP contribution in [0.25, 0.3) is 0 Å². The van der Waals surface area contributed by atoms with Gasteiger partial charge in [-0.05, 0) is 28.9 Å². The summed E-state index contributed by atoms with van der Waals surface area (Å²) >= 11 is -3.05. The van der Waals surface area contributed by atoms with Crippen LogP contribution in [0, 0.1) is 36.0 Å². The zero-order valence-corrected chi connectivity index (χ0v) is 19.2. The summed E-state index contributed by atoms with van der Waals surface area (Å²) in [6.07, 6.45) is 0.